The predicted octanol–water partition coefficient (Wildman–Crippen LogP) is 4.64. The highest BCUT2D eigenvalue weighted by Gasteiger charge is 2.28. The van der Waals surface area contributed by atoms with Crippen LogP contribution in [0.5, 0.6) is 11.5 Å². The Morgan fingerprint density at radius 1 is 0.964 bits per heavy atom. The van der Waals surface area contributed by atoms with Crippen LogP contribution in [0.15, 0.2) is 60.8 Å². The van der Waals surface area contributed by atoms with Gasteiger partial charge in [-0.3, -0.25) is 4.90 Å². The number of ether oxygens (including phenoxy) is 2. The minimum atomic E-state index is -0.206. The Hall–Kier alpha value is -2.79. The molecule has 0 saturated heterocycles. The predicted molar refractivity (Wildman–Crippen MR) is 107 cm³/mol. The van der Waals surface area contributed by atoms with E-state index in [1.807, 2.05) is 18.2 Å². The molecule has 28 heavy (non-hydrogen) atoms. The van der Waals surface area contributed by atoms with Gasteiger partial charge in [0.1, 0.15) is 17.3 Å². The lowest BCUT2D eigenvalue weighted by molar-refractivity contribution is 0.219. The van der Waals surface area contributed by atoms with E-state index in [2.05, 4.69) is 39.9 Å². The summed E-state index contributed by atoms with van der Waals surface area (Å²) in [4.78, 5) is 2.44. The Morgan fingerprint density at radius 3 is 2.36 bits per heavy atom. The van der Waals surface area contributed by atoms with Crippen molar-refractivity contribution in [3.63, 3.8) is 0 Å². The highest BCUT2D eigenvalue weighted by atomic mass is 19.1. The summed E-state index contributed by atoms with van der Waals surface area (Å²) in [6, 6.07) is 17.2. The molecule has 0 aliphatic carbocycles. The van der Waals surface area contributed by atoms with Crippen LogP contribution < -0.4 is 9.47 Å². The first-order chi connectivity index (χ1) is 13.7. The van der Waals surface area contributed by atoms with Crippen LogP contribution in [-0.2, 0) is 13.1 Å². The van der Waals surface area contributed by atoms with Crippen molar-refractivity contribution >= 4 is 0 Å². The lowest BCUT2D eigenvalue weighted by Gasteiger charge is -2.31. The second-order valence-electron chi connectivity index (χ2n) is 7.13. The molecule has 1 aliphatic heterocycles. The average molecular weight is 380 g/mol. The van der Waals surface area contributed by atoms with Gasteiger partial charge in [-0.15, -0.1) is 0 Å². The van der Waals surface area contributed by atoms with Gasteiger partial charge >= 0.3 is 0 Å². The van der Waals surface area contributed by atoms with E-state index >= 15 is 0 Å². The molecule has 0 bridgehead atoms. The Balaban J connectivity index is 1.77. The van der Waals surface area contributed by atoms with Crippen LogP contribution in [0, 0.1) is 5.82 Å². The number of hydrogen-bond acceptors (Lipinski definition) is 3. The molecule has 0 radical (unpaired) electrons. The molecule has 4 nitrogen and oxygen atoms in total. The minimum absolute atomic E-state index is 0.0616. The average Bonchev–Trinajstić information content (AvgIpc) is 3.10. The standard InChI is InChI=1S/C23H25FN2O2/c1-27-20-13-18(14-21(15-20)28-2)23-22-5-3-10-25(22)11-4-12-26(23)16-17-6-8-19(24)9-7-17/h3,5-10,13-15,23H,4,11-12,16H2,1-2H3. The van der Waals surface area contributed by atoms with Crippen LogP contribution in [0.25, 0.3) is 0 Å². The van der Waals surface area contributed by atoms with Crippen LogP contribution in [-0.4, -0.2) is 30.2 Å². The van der Waals surface area contributed by atoms with Gasteiger partial charge in [0.05, 0.1) is 20.3 Å². The summed E-state index contributed by atoms with van der Waals surface area (Å²) in [7, 11) is 3.34. The number of halogens is 1. The van der Waals surface area contributed by atoms with Crippen LogP contribution in [0.3, 0.4) is 0 Å². The zero-order chi connectivity index (χ0) is 19.5. The van der Waals surface area contributed by atoms with E-state index in [0.29, 0.717) is 0 Å². The SMILES string of the molecule is COc1cc(OC)cc(C2c3cccn3CCCN2Cc2ccc(F)cc2)c1. The van der Waals surface area contributed by atoms with Gasteiger partial charge in [-0.2, -0.15) is 0 Å². The molecule has 1 unspecified atom stereocenters. The first kappa shape index (κ1) is 18.6. The van der Waals surface area contributed by atoms with E-state index in [0.717, 1.165) is 48.7 Å². The van der Waals surface area contributed by atoms with Crippen LogP contribution >= 0.6 is 0 Å². The molecule has 1 aliphatic rings. The minimum Gasteiger partial charge on any atom is -0.497 e. The van der Waals surface area contributed by atoms with E-state index in [9.17, 15) is 4.39 Å². The molecule has 1 atom stereocenters. The normalized spacial score (nSPS) is 17.0. The largest absolute Gasteiger partial charge is 0.497 e. The smallest absolute Gasteiger partial charge is 0.123 e. The molecular weight excluding hydrogens is 355 g/mol. The Bertz CT molecular complexity index is 914. The maximum absolute atomic E-state index is 13.3. The van der Waals surface area contributed by atoms with Gasteiger partial charge in [0.15, 0.2) is 0 Å². The number of nitrogens with zero attached hydrogens (tertiary/aromatic N) is 2. The van der Waals surface area contributed by atoms with Gasteiger partial charge < -0.3 is 14.0 Å². The number of fused-ring (bicyclic) bond motifs is 1. The quantitative estimate of drug-likeness (QED) is 0.645. The molecule has 0 saturated carbocycles. The maximum Gasteiger partial charge on any atom is 0.123 e. The highest BCUT2D eigenvalue weighted by Crippen LogP contribution is 2.36. The molecule has 1 aromatic heterocycles. The first-order valence-corrected chi connectivity index (χ1v) is 9.54. The van der Waals surface area contributed by atoms with Gasteiger partial charge in [0.25, 0.3) is 0 Å². The third-order valence-corrected chi connectivity index (χ3v) is 5.34. The van der Waals surface area contributed by atoms with Crippen LogP contribution in [0.2, 0.25) is 0 Å². The fourth-order valence-corrected chi connectivity index (χ4v) is 4.00. The fraction of sp³-hybridized carbons (Fsp3) is 0.304. The van der Waals surface area contributed by atoms with Crippen molar-refractivity contribution in [3.8, 4) is 11.5 Å². The van der Waals surface area contributed by atoms with Crippen molar-refractivity contribution in [1.29, 1.82) is 0 Å². The van der Waals surface area contributed by atoms with Gasteiger partial charge in [0.2, 0.25) is 0 Å². The summed E-state index contributed by atoms with van der Waals surface area (Å²) in [6.07, 6.45) is 3.20. The molecule has 0 N–H and O–H groups in total. The Labute approximate surface area is 165 Å². The molecule has 0 spiro atoms. The Morgan fingerprint density at radius 2 is 1.68 bits per heavy atom. The van der Waals surface area contributed by atoms with Crippen molar-refractivity contribution in [2.24, 2.45) is 0 Å². The summed E-state index contributed by atoms with van der Waals surface area (Å²) in [5.41, 5.74) is 3.47. The number of aryl methyl sites for hydroxylation is 1. The summed E-state index contributed by atoms with van der Waals surface area (Å²) in [5, 5.41) is 0. The van der Waals surface area contributed by atoms with Gasteiger partial charge in [-0.05, 0) is 53.9 Å². The zero-order valence-electron chi connectivity index (χ0n) is 16.3. The van der Waals surface area contributed by atoms with Crippen molar-refractivity contribution < 1.29 is 13.9 Å². The fourth-order valence-electron chi connectivity index (χ4n) is 4.00. The molecule has 146 valence electrons. The van der Waals surface area contributed by atoms with Gasteiger partial charge in [-0.1, -0.05) is 12.1 Å². The monoisotopic (exact) mass is 380 g/mol. The lowest BCUT2D eigenvalue weighted by Crippen LogP contribution is -2.29. The first-order valence-electron chi connectivity index (χ1n) is 9.54. The molecule has 3 aromatic rings. The van der Waals surface area contributed by atoms with Crippen LogP contribution in [0.1, 0.15) is 29.3 Å². The molecule has 5 heteroatoms. The van der Waals surface area contributed by atoms with Crippen molar-refractivity contribution in [3.05, 3.63) is 83.4 Å². The molecule has 2 aromatic carbocycles. The van der Waals surface area contributed by atoms with E-state index < -0.39 is 0 Å². The van der Waals surface area contributed by atoms with E-state index in [1.54, 1.807) is 14.2 Å². The number of benzene rings is 2. The van der Waals surface area contributed by atoms with Gasteiger partial charge in [0, 0.05) is 37.6 Å². The second kappa shape index (κ2) is 8.07. The van der Waals surface area contributed by atoms with E-state index in [4.69, 9.17) is 9.47 Å². The second-order valence-corrected chi connectivity index (χ2v) is 7.13. The van der Waals surface area contributed by atoms with Crippen LogP contribution in [0.4, 0.5) is 4.39 Å². The molecule has 4 rings (SSSR count). The lowest BCUT2D eigenvalue weighted by atomic mass is 10.00. The maximum atomic E-state index is 13.3. The van der Waals surface area contributed by atoms with E-state index in [1.165, 1.54) is 17.8 Å². The number of aromatic nitrogens is 1. The van der Waals surface area contributed by atoms with Gasteiger partial charge in [-0.25, -0.2) is 4.39 Å². The third-order valence-electron chi connectivity index (χ3n) is 5.34. The molecular formula is C23H25FN2O2. The molecule has 0 amide bonds. The topological polar surface area (TPSA) is 26.6 Å². The third kappa shape index (κ3) is 3.76. The number of hydrogen-bond donors (Lipinski definition) is 0. The number of methoxy groups -OCH3 is 2. The number of rotatable bonds is 5. The summed E-state index contributed by atoms with van der Waals surface area (Å²) in [5.74, 6) is 1.35. The summed E-state index contributed by atoms with van der Waals surface area (Å²) in [6.45, 7) is 2.68. The molecule has 0 fully saturated rings. The van der Waals surface area contributed by atoms with Crippen molar-refractivity contribution in [2.75, 3.05) is 20.8 Å². The zero-order valence-corrected chi connectivity index (χ0v) is 16.3. The molecule has 2 heterocycles. The summed E-state index contributed by atoms with van der Waals surface area (Å²) >= 11 is 0. The summed E-state index contributed by atoms with van der Waals surface area (Å²) < 4.78 is 26.7. The van der Waals surface area contributed by atoms with Crippen molar-refractivity contribution in [1.82, 2.24) is 9.47 Å². The van der Waals surface area contributed by atoms with E-state index in [-0.39, 0.29) is 11.9 Å². The van der Waals surface area contributed by atoms with Crippen molar-refractivity contribution in [2.45, 2.75) is 25.6 Å². The highest BCUT2D eigenvalue weighted by molar-refractivity contribution is 5.42. The Kier molecular flexibility index (Phi) is 5.35.